The lowest BCUT2D eigenvalue weighted by Crippen LogP contribution is -2.40. The highest BCUT2D eigenvalue weighted by Gasteiger charge is 2.25. The first-order valence-electron chi connectivity index (χ1n) is 7.56. The van der Waals surface area contributed by atoms with Gasteiger partial charge in [0.05, 0.1) is 12.1 Å². The van der Waals surface area contributed by atoms with Gasteiger partial charge in [-0.1, -0.05) is 24.3 Å². The van der Waals surface area contributed by atoms with Gasteiger partial charge in [-0.05, 0) is 29.8 Å². The molecule has 2 aromatic rings. The first-order chi connectivity index (χ1) is 11.6. The van der Waals surface area contributed by atoms with Gasteiger partial charge in [-0.15, -0.1) is 0 Å². The SMILES string of the molecule is O=C(CCN1C(=O)COc2ccccc21)OCc1cccc(F)c1. The highest BCUT2D eigenvalue weighted by molar-refractivity contribution is 5.98. The molecule has 1 amide bonds. The quantitative estimate of drug-likeness (QED) is 0.792. The number of hydrogen-bond donors (Lipinski definition) is 0. The summed E-state index contributed by atoms with van der Waals surface area (Å²) >= 11 is 0. The number of para-hydroxylation sites is 2. The van der Waals surface area contributed by atoms with Crippen LogP contribution < -0.4 is 9.64 Å². The molecule has 0 unspecified atom stereocenters. The first kappa shape index (κ1) is 16.0. The van der Waals surface area contributed by atoms with Crippen LogP contribution in [0.5, 0.6) is 5.75 Å². The third kappa shape index (κ3) is 3.71. The molecule has 5 nitrogen and oxygen atoms in total. The highest BCUT2D eigenvalue weighted by atomic mass is 19.1. The van der Waals surface area contributed by atoms with Gasteiger partial charge in [0.2, 0.25) is 0 Å². The zero-order valence-electron chi connectivity index (χ0n) is 12.9. The van der Waals surface area contributed by atoms with Crippen LogP contribution in [0.3, 0.4) is 0 Å². The van der Waals surface area contributed by atoms with Crippen molar-refractivity contribution in [3.8, 4) is 5.75 Å². The van der Waals surface area contributed by atoms with Crippen LogP contribution in [0.1, 0.15) is 12.0 Å². The Kier molecular flexibility index (Phi) is 4.74. The van der Waals surface area contributed by atoms with Crippen molar-refractivity contribution >= 4 is 17.6 Å². The minimum absolute atomic E-state index is 0.00420. The Morgan fingerprint density at radius 2 is 2.04 bits per heavy atom. The van der Waals surface area contributed by atoms with E-state index in [4.69, 9.17) is 9.47 Å². The molecule has 0 atom stereocenters. The third-order valence-electron chi connectivity index (χ3n) is 3.64. The second kappa shape index (κ2) is 7.12. The molecule has 24 heavy (non-hydrogen) atoms. The van der Waals surface area contributed by atoms with Gasteiger partial charge in [0.15, 0.2) is 6.61 Å². The number of amides is 1. The summed E-state index contributed by atoms with van der Waals surface area (Å²) in [5.74, 6) is -0.410. The molecule has 0 N–H and O–H groups in total. The molecule has 124 valence electrons. The van der Waals surface area contributed by atoms with Crippen LogP contribution >= 0.6 is 0 Å². The normalized spacial score (nSPS) is 13.2. The van der Waals surface area contributed by atoms with Crippen molar-refractivity contribution < 1.29 is 23.5 Å². The molecular formula is C18H16FNO4. The predicted octanol–water partition coefficient (Wildman–Crippen LogP) is 2.68. The Labute approximate surface area is 138 Å². The summed E-state index contributed by atoms with van der Waals surface area (Å²) in [4.78, 5) is 25.4. The molecule has 6 heteroatoms. The predicted molar refractivity (Wildman–Crippen MR) is 85.1 cm³/mol. The third-order valence-corrected chi connectivity index (χ3v) is 3.64. The number of ether oxygens (including phenoxy) is 2. The summed E-state index contributed by atoms with van der Waals surface area (Å²) in [7, 11) is 0. The van der Waals surface area contributed by atoms with Gasteiger partial charge >= 0.3 is 5.97 Å². The van der Waals surface area contributed by atoms with Gasteiger partial charge in [0.25, 0.3) is 5.91 Å². The lowest BCUT2D eigenvalue weighted by Gasteiger charge is -2.28. The molecule has 0 aromatic heterocycles. The molecule has 0 bridgehead atoms. The van der Waals surface area contributed by atoms with Crippen molar-refractivity contribution in [2.45, 2.75) is 13.0 Å². The molecule has 0 saturated heterocycles. The van der Waals surface area contributed by atoms with Crippen LogP contribution in [0.25, 0.3) is 0 Å². The Bertz CT molecular complexity index is 762. The molecule has 0 aliphatic carbocycles. The molecule has 0 saturated carbocycles. The van der Waals surface area contributed by atoms with Gasteiger partial charge in [-0.2, -0.15) is 0 Å². The second-order valence-electron chi connectivity index (χ2n) is 5.34. The van der Waals surface area contributed by atoms with Crippen LogP contribution in [-0.2, 0) is 20.9 Å². The van der Waals surface area contributed by atoms with E-state index in [2.05, 4.69) is 0 Å². The number of anilines is 1. The summed E-state index contributed by atoms with van der Waals surface area (Å²) in [5, 5.41) is 0. The van der Waals surface area contributed by atoms with Crippen molar-refractivity contribution in [3.63, 3.8) is 0 Å². The summed E-state index contributed by atoms with van der Waals surface area (Å²) < 4.78 is 23.5. The summed E-state index contributed by atoms with van der Waals surface area (Å²) in [6.45, 7) is 0.167. The van der Waals surface area contributed by atoms with Gasteiger partial charge in [0, 0.05) is 6.54 Å². The number of hydrogen-bond acceptors (Lipinski definition) is 4. The fourth-order valence-corrected chi connectivity index (χ4v) is 2.46. The van der Waals surface area contributed by atoms with Crippen molar-refractivity contribution in [3.05, 3.63) is 59.9 Å². The molecule has 1 aliphatic heterocycles. The van der Waals surface area contributed by atoms with Crippen molar-refractivity contribution in [1.29, 1.82) is 0 Å². The number of nitrogens with zero attached hydrogens (tertiary/aromatic N) is 1. The monoisotopic (exact) mass is 329 g/mol. The molecule has 0 radical (unpaired) electrons. The van der Waals surface area contributed by atoms with Gasteiger partial charge < -0.3 is 14.4 Å². The fraction of sp³-hybridized carbons (Fsp3) is 0.222. The standard InChI is InChI=1S/C18H16FNO4/c19-14-5-3-4-13(10-14)11-24-18(22)8-9-20-15-6-1-2-7-16(15)23-12-17(20)21/h1-7,10H,8-9,11-12H2. The number of halogens is 1. The number of benzene rings is 2. The van der Waals surface area contributed by atoms with E-state index in [1.807, 2.05) is 6.07 Å². The molecule has 0 spiro atoms. The average molecular weight is 329 g/mol. The maximum Gasteiger partial charge on any atom is 0.307 e. The maximum atomic E-state index is 13.1. The summed E-state index contributed by atoms with van der Waals surface area (Å²) in [6, 6.07) is 13.0. The van der Waals surface area contributed by atoms with E-state index >= 15 is 0 Å². The lowest BCUT2D eigenvalue weighted by atomic mass is 10.2. The zero-order chi connectivity index (χ0) is 16.9. The first-order valence-corrected chi connectivity index (χ1v) is 7.56. The number of fused-ring (bicyclic) bond motifs is 1. The number of rotatable bonds is 5. The van der Waals surface area contributed by atoms with E-state index in [0.29, 0.717) is 17.0 Å². The van der Waals surface area contributed by atoms with E-state index in [9.17, 15) is 14.0 Å². The number of esters is 1. The van der Waals surface area contributed by atoms with E-state index in [-0.39, 0.29) is 37.9 Å². The van der Waals surface area contributed by atoms with Gasteiger partial charge in [-0.3, -0.25) is 9.59 Å². The second-order valence-corrected chi connectivity index (χ2v) is 5.34. The number of carbonyl (C=O) groups is 2. The maximum absolute atomic E-state index is 13.1. The number of carbonyl (C=O) groups excluding carboxylic acids is 2. The van der Waals surface area contributed by atoms with Crippen LogP contribution in [0.2, 0.25) is 0 Å². The minimum atomic E-state index is -0.448. The lowest BCUT2D eigenvalue weighted by molar-refractivity contribution is -0.144. The van der Waals surface area contributed by atoms with E-state index in [1.54, 1.807) is 30.3 Å². The average Bonchev–Trinajstić information content (AvgIpc) is 2.59. The van der Waals surface area contributed by atoms with E-state index in [0.717, 1.165) is 0 Å². The van der Waals surface area contributed by atoms with E-state index in [1.165, 1.54) is 17.0 Å². The molecule has 1 heterocycles. The Morgan fingerprint density at radius 1 is 1.21 bits per heavy atom. The molecule has 0 fully saturated rings. The zero-order valence-corrected chi connectivity index (χ0v) is 12.9. The summed E-state index contributed by atoms with van der Waals surface area (Å²) in [6.07, 6.45) is 0.0510. The van der Waals surface area contributed by atoms with Crippen LogP contribution in [0.4, 0.5) is 10.1 Å². The highest BCUT2D eigenvalue weighted by Crippen LogP contribution is 2.31. The Morgan fingerprint density at radius 3 is 2.88 bits per heavy atom. The van der Waals surface area contributed by atoms with Crippen molar-refractivity contribution in [2.24, 2.45) is 0 Å². The molecule has 1 aliphatic rings. The van der Waals surface area contributed by atoms with Crippen LogP contribution in [-0.4, -0.2) is 25.0 Å². The van der Waals surface area contributed by atoms with Crippen molar-refractivity contribution in [1.82, 2.24) is 0 Å². The van der Waals surface area contributed by atoms with Crippen molar-refractivity contribution in [2.75, 3.05) is 18.1 Å². The molecule has 3 rings (SSSR count). The Hall–Kier alpha value is -2.89. The fourth-order valence-electron chi connectivity index (χ4n) is 2.46. The van der Waals surface area contributed by atoms with Gasteiger partial charge in [0.1, 0.15) is 18.2 Å². The topological polar surface area (TPSA) is 55.8 Å². The summed E-state index contributed by atoms with van der Waals surface area (Å²) in [5.41, 5.74) is 1.22. The van der Waals surface area contributed by atoms with Gasteiger partial charge in [-0.25, -0.2) is 4.39 Å². The molecular weight excluding hydrogens is 313 g/mol. The van der Waals surface area contributed by atoms with E-state index < -0.39 is 5.97 Å². The Balaban J connectivity index is 1.55. The van der Waals surface area contributed by atoms with Crippen LogP contribution in [0.15, 0.2) is 48.5 Å². The smallest absolute Gasteiger partial charge is 0.307 e. The largest absolute Gasteiger partial charge is 0.482 e. The minimum Gasteiger partial charge on any atom is -0.482 e. The molecule has 2 aromatic carbocycles. The van der Waals surface area contributed by atoms with Crippen LogP contribution in [0, 0.1) is 5.82 Å².